The average Bonchev–Trinajstić information content (AvgIpc) is 2.39. The maximum absolute atomic E-state index is 4.69. The molecule has 0 N–H and O–H groups in total. The fourth-order valence-electron chi connectivity index (χ4n) is 2.07. The Morgan fingerprint density at radius 2 is 1.95 bits per heavy atom. The Bertz CT molecular complexity index is 582. The van der Waals surface area contributed by atoms with Crippen LogP contribution in [0.5, 0.6) is 0 Å². The molecule has 0 amide bonds. The van der Waals surface area contributed by atoms with Gasteiger partial charge in [0.2, 0.25) is 0 Å². The van der Waals surface area contributed by atoms with Crippen molar-refractivity contribution in [2.24, 2.45) is 0 Å². The van der Waals surface area contributed by atoms with Crippen molar-refractivity contribution in [3.63, 3.8) is 0 Å². The van der Waals surface area contributed by atoms with Gasteiger partial charge in [0.15, 0.2) is 5.82 Å². The summed E-state index contributed by atoms with van der Waals surface area (Å²) in [4.78, 5) is 13.6. The van der Waals surface area contributed by atoms with Gasteiger partial charge in [0.25, 0.3) is 0 Å². The largest absolute Gasteiger partial charge is 0.252 e. The van der Waals surface area contributed by atoms with Crippen molar-refractivity contribution in [1.82, 2.24) is 15.0 Å². The van der Waals surface area contributed by atoms with E-state index in [1.807, 2.05) is 19.3 Å². The van der Waals surface area contributed by atoms with E-state index in [9.17, 15) is 0 Å². The molecule has 0 saturated heterocycles. The molecule has 2 heterocycles. The van der Waals surface area contributed by atoms with E-state index in [1.54, 1.807) is 0 Å². The van der Waals surface area contributed by atoms with Crippen LogP contribution in [0.4, 0.5) is 0 Å². The van der Waals surface area contributed by atoms with E-state index in [0.717, 1.165) is 52.1 Å². The lowest BCUT2D eigenvalue weighted by Crippen LogP contribution is -2.02. The number of alkyl halides is 1. The molecule has 0 atom stereocenters. The van der Waals surface area contributed by atoms with Gasteiger partial charge in [-0.1, -0.05) is 35.3 Å². The first kappa shape index (κ1) is 14.1. The van der Waals surface area contributed by atoms with Crippen LogP contribution in [0.1, 0.15) is 35.7 Å². The number of aryl methyl sites for hydroxylation is 3. The van der Waals surface area contributed by atoms with Crippen LogP contribution < -0.4 is 0 Å². The first-order valence-corrected chi connectivity index (χ1v) is 7.62. The molecule has 0 unspecified atom stereocenters. The van der Waals surface area contributed by atoms with Crippen molar-refractivity contribution >= 4 is 15.9 Å². The van der Waals surface area contributed by atoms with Crippen LogP contribution in [-0.4, -0.2) is 15.0 Å². The van der Waals surface area contributed by atoms with Crippen molar-refractivity contribution in [3.8, 4) is 11.5 Å². The molecule has 19 heavy (non-hydrogen) atoms. The zero-order valence-corrected chi connectivity index (χ0v) is 13.2. The molecule has 0 aliphatic rings. The molecule has 0 bridgehead atoms. The Morgan fingerprint density at radius 3 is 2.58 bits per heavy atom. The van der Waals surface area contributed by atoms with Crippen molar-refractivity contribution in [2.45, 2.75) is 38.9 Å². The molecular formula is C15H18BrN3. The third kappa shape index (κ3) is 3.18. The first-order valence-electron chi connectivity index (χ1n) is 6.50. The normalized spacial score (nSPS) is 10.7. The van der Waals surface area contributed by atoms with Crippen molar-refractivity contribution in [2.75, 3.05) is 0 Å². The summed E-state index contributed by atoms with van der Waals surface area (Å²) in [5.74, 6) is 0.727. The second-order valence-corrected chi connectivity index (χ2v) is 5.29. The summed E-state index contributed by atoms with van der Waals surface area (Å²) >= 11 is 3.49. The van der Waals surface area contributed by atoms with Gasteiger partial charge in [0.1, 0.15) is 5.69 Å². The van der Waals surface area contributed by atoms with Gasteiger partial charge in [-0.2, -0.15) is 0 Å². The molecule has 0 radical (unpaired) electrons. The number of hydrogen-bond acceptors (Lipinski definition) is 3. The summed E-state index contributed by atoms with van der Waals surface area (Å²) in [6.07, 6.45) is 5.82. The maximum atomic E-state index is 4.69. The van der Waals surface area contributed by atoms with Gasteiger partial charge in [-0.15, -0.1) is 0 Å². The third-order valence-corrected chi connectivity index (χ3v) is 3.62. The second kappa shape index (κ2) is 6.24. The van der Waals surface area contributed by atoms with Crippen molar-refractivity contribution in [3.05, 3.63) is 40.8 Å². The van der Waals surface area contributed by atoms with Crippen LogP contribution >= 0.6 is 15.9 Å². The molecule has 4 heteroatoms. The first-order chi connectivity index (χ1) is 9.15. The van der Waals surface area contributed by atoms with E-state index in [4.69, 9.17) is 4.98 Å². The number of halogens is 1. The zero-order valence-electron chi connectivity index (χ0n) is 11.6. The number of rotatable bonds is 4. The fourth-order valence-corrected chi connectivity index (χ4v) is 2.54. The molecule has 3 nitrogen and oxygen atoms in total. The van der Waals surface area contributed by atoms with Crippen LogP contribution in [-0.2, 0) is 11.8 Å². The summed E-state index contributed by atoms with van der Waals surface area (Å²) in [5.41, 5.74) is 5.44. The molecule has 100 valence electrons. The summed E-state index contributed by atoms with van der Waals surface area (Å²) in [7, 11) is 0. The molecule has 0 spiro atoms. The van der Waals surface area contributed by atoms with Gasteiger partial charge in [0, 0.05) is 29.0 Å². The molecule has 2 rings (SSSR count). The van der Waals surface area contributed by atoms with E-state index in [2.05, 4.69) is 45.8 Å². The summed E-state index contributed by atoms with van der Waals surface area (Å²) in [5, 5.41) is 0.795. The molecule has 0 aliphatic heterocycles. The third-order valence-electron chi connectivity index (χ3n) is 3.01. The highest BCUT2D eigenvalue weighted by molar-refractivity contribution is 9.08. The molecule has 2 aromatic rings. The highest BCUT2D eigenvalue weighted by Crippen LogP contribution is 2.20. The van der Waals surface area contributed by atoms with Crippen LogP contribution in [0.25, 0.3) is 11.5 Å². The zero-order chi connectivity index (χ0) is 13.8. The summed E-state index contributed by atoms with van der Waals surface area (Å²) in [6, 6.07) is 2.11. The van der Waals surface area contributed by atoms with Crippen molar-refractivity contribution in [1.29, 1.82) is 0 Å². The van der Waals surface area contributed by atoms with E-state index < -0.39 is 0 Å². The SMILES string of the molecule is CCCc1nc(-c2ncc(C)cc2C)ncc1CBr. The molecule has 0 fully saturated rings. The van der Waals surface area contributed by atoms with Gasteiger partial charge in [-0.3, -0.25) is 4.98 Å². The number of hydrogen-bond donors (Lipinski definition) is 0. The molecular weight excluding hydrogens is 302 g/mol. The number of pyridine rings is 1. The number of nitrogens with zero attached hydrogens (tertiary/aromatic N) is 3. The van der Waals surface area contributed by atoms with E-state index >= 15 is 0 Å². The minimum atomic E-state index is 0.727. The van der Waals surface area contributed by atoms with E-state index in [-0.39, 0.29) is 0 Å². The van der Waals surface area contributed by atoms with Gasteiger partial charge >= 0.3 is 0 Å². The smallest absolute Gasteiger partial charge is 0.178 e. The molecule has 0 saturated carbocycles. The average molecular weight is 320 g/mol. The van der Waals surface area contributed by atoms with Crippen LogP contribution in [0.15, 0.2) is 18.5 Å². The van der Waals surface area contributed by atoms with Crippen molar-refractivity contribution < 1.29 is 0 Å². The minimum Gasteiger partial charge on any atom is -0.252 e. The molecule has 0 aromatic carbocycles. The number of aromatic nitrogens is 3. The van der Waals surface area contributed by atoms with Gasteiger partial charge in [0.05, 0.1) is 0 Å². The maximum Gasteiger partial charge on any atom is 0.178 e. The predicted octanol–water partition coefficient (Wildman–Crippen LogP) is 4.00. The Labute approximate surface area is 122 Å². The Kier molecular flexibility index (Phi) is 4.64. The molecule has 2 aromatic heterocycles. The lowest BCUT2D eigenvalue weighted by Gasteiger charge is -2.09. The van der Waals surface area contributed by atoms with E-state index in [0.29, 0.717) is 0 Å². The standard InChI is InChI=1S/C15H18BrN3/c1-4-5-13-12(7-16)9-18-15(19-13)14-11(3)6-10(2)8-17-14/h6,8-9H,4-5,7H2,1-3H3. The lowest BCUT2D eigenvalue weighted by molar-refractivity contribution is 0.858. The van der Waals surface area contributed by atoms with Gasteiger partial charge in [-0.05, 0) is 31.4 Å². The minimum absolute atomic E-state index is 0.727. The van der Waals surface area contributed by atoms with Crippen LogP contribution in [0.2, 0.25) is 0 Å². The topological polar surface area (TPSA) is 38.7 Å². The Hall–Kier alpha value is -1.29. The summed E-state index contributed by atoms with van der Waals surface area (Å²) in [6.45, 7) is 6.26. The van der Waals surface area contributed by atoms with Gasteiger partial charge < -0.3 is 0 Å². The summed E-state index contributed by atoms with van der Waals surface area (Å²) < 4.78 is 0. The van der Waals surface area contributed by atoms with Crippen LogP contribution in [0, 0.1) is 13.8 Å². The lowest BCUT2D eigenvalue weighted by atomic mass is 10.1. The molecule has 0 aliphatic carbocycles. The van der Waals surface area contributed by atoms with E-state index in [1.165, 1.54) is 0 Å². The highest BCUT2D eigenvalue weighted by atomic mass is 79.9. The Morgan fingerprint density at radius 1 is 1.16 bits per heavy atom. The second-order valence-electron chi connectivity index (χ2n) is 4.73. The van der Waals surface area contributed by atoms with Crippen LogP contribution in [0.3, 0.4) is 0 Å². The monoisotopic (exact) mass is 319 g/mol. The Balaban J connectivity index is 2.47. The highest BCUT2D eigenvalue weighted by Gasteiger charge is 2.10. The fraction of sp³-hybridized carbons (Fsp3) is 0.400. The predicted molar refractivity (Wildman–Crippen MR) is 81.4 cm³/mol. The van der Waals surface area contributed by atoms with Gasteiger partial charge in [-0.25, -0.2) is 9.97 Å². The quantitative estimate of drug-likeness (QED) is 0.799.